The van der Waals surface area contributed by atoms with Crippen molar-refractivity contribution in [3.05, 3.63) is 63.0 Å². The fourth-order valence-electron chi connectivity index (χ4n) is 3.04. The van der Waals surface area contributed by atoms with Crippen LogP contribution in [0.5, 0.6) is 5.88 Å². The topological polar surface area (TPSA) is 146 Å². The van der Waals surface area contributed by atoms with Crippen LogP contribution in [0.3, 0.4) is 0 Å². The molecule has 1 aromatic carbocycles. The minimum absolute atomic E-state index is 0.0241. The van der Waals surface area contributed by atoms with Gasteiger partial charge >= 0.3 is 11.9 Å². The molecule has 0 atom stereocenters. The second kappa shape index (κ2) is 9.35. The van der Waals surface area contributed by atoms with E-state index in [0.717, 1.165) is 12.1 Å². The molecule has 4 rings (SSSR count). The van der Waals surface area contributed by atoms with Gasteiger partial charge in [0.1, 0.15) is 5.69 Å². The molecule has 4 N–H and O–H groups in total. The number of imidazole rings is 1. The first-order valence-electron chi connectivity index (χ1n) is 10.1. The monoisotopic (exact) mass is 476 g/mol. The van der Waals surface area contributed by atoms with Gasteiger partial charge in [0.05, 0.1) is 24.9 Å². The van der Waals surface area contributed by atoms with Crippen LogP contribution < -0.4 is 21.8 Å². The summed E-state index contributed by atoms with van der Waals surface area (Å²) in [6, 6.07) is 4.60. The van der Waals surface area contributed by atoms with Crippen LogP contribution in [0.15, 0.2) is 40.2 Å². The van der Waals surface area contributed by atoms with Crippen LogP contribution >= 0.6 is 0 Å². The number of benzene rings is 1. The van der Waals surface area contributed by atoms with Gasteiger partial charge in [-0.1, -0.05) is 6.07 Å². The van der Waals surface area contributed by atoms with Gasteiger partial charge in [0.15, 0.2) is 5.65 Å². The van der Waals surface area contributed by atoms with E-state index in [9.17, 15) is 23.1 Å². The first-order valence-corrected chi connectivity index (χ1v) is 10.1. The number of H-pyrrole nitrogens is 2. The van der Waals surface area contributed by atoms with E-state index >= 15 is 0 Å². The number of nitrogens with zero attached hydrogens (tertiary/aromatic N) is 5. The molecule has 178 valence electrons. The molecule has 0 fully saturated rings. The van der Waals surface area contributed by atoms with Gasteiger partial charge in [0.25, 0.3) is 5.62 Å². The highest BCUT2D eigenvalue weighted by molar-refractivity contribution is 5.59. The highest BCUT2D eigenvalue weighted by Crippen LogP contribution is 2.31. The quantitative estimate of drug-likeness (QED) is 0.292. The van der Waals surface area contributed by atoms with Crippen LogP contribution in [0, 0.1) is 0 Å². The van der Waals surface area contributed by atoms with Crippen molar-refractivity contribution in [1.29, 1.82) is 0 Å². The lowest BCUT2D eigenvalue weighted by Gasteiger charge is -2.10. The maximum Gasteiger partial charge on any atom is 0.416 e. The summed E-state index contributed by atoms with van der Waals surface area (Å²) in [5.41, 5.74) is -0.844. The van der Waals surface area contributed by atoms with E-state index in [1.807, 2.05) is 6.92 Å². The fraction of sp³-hybridized carbons (Fsp3) is 0.250. The number of alkyl halides is 3. The lowest BCUT2D eigenvalue weighted by atomic mass is 10.2. The molecule has 4 aromatic rings. The zero-order valence-corrected chi connectivity index (χ0v) is 17.7. The molecule has 0 saturated carbocycles. The van der Waals surface area contributed by atoms with Gasteiger partial charge in [-0.15, -0.1) is 0 Å². The van der Waals surface area contributed by atoms with Gasteiger partial charge in [-0.25, -0.2) is 9.79 Å². The number of rotatable bonds is 7. The summed E-state index contributed by atoms with van der Waals surface area (Å²) in [6.07, 6.45) is -1.66. The average Bonchev–Trinajstić information content (AvgIpc) is 3.33. The lowest BCUT2D eigenvalue weighted by molar-refractivity contribution is -0.137. The molecule has 0 saturated heterocycles. The average molecular weight is 476 g/mol. The minimum Gasteiger partial charge on any atom is -0.493 e. The molecular weight excluding hydrogens is 457 g/mol. The number of anilines is 2. The standard InChI is InChI=1S/C20H19F3N8O3/c1-2-34-7-6-24-18-30-17(26-13-5-3-4-12(9-13)20(21,22)23)28-15-11(10-25-31(15)18)8-14-16(32)29-19(33)27-14/h3-5,8-10,32H,2,6-7H2,1H3,(H,24,26,30)(H2,27,29,33). The maximum absolute atomic E-state index is 13.1. The summed E-state index contributed by atoms with van der Waals surface area (Å²) in [5.74, 6) is -0.397. The summed E-state index contributed by atoms with van der Waals surface area (Å²) < 4.78 is 45.9. The zero-order chi connectivity index (χ0) is 24.3. The van der Waals surface area contributed by atoms with Gasteiger partial charge in [0.2, 0.25) is 11.8 Å². The Bertz CT molecular complexity index is 1490. The summed E-state index contributed by atoms with van der Waals surface area (Å²) in [5, 5.41) is 17.2. The number of hydrogen-bond acceptors (Lipinski definition) is 8. The second-order valence-electron chi connectivity index (χ2n) is 6.95. The van der Waals surface area contributed by atoms with E-state index in [-0.39, 0.29) is 41.0 Å². The van der Waals surface area contributed by atoms with Crippen molar-refractivity contribution in [2.45, 2.75) is 13.1 Å². The Balaban J connectivity index is 1.82. The predicted octanol–water partition coefficient (Wildman–Crippen LogP) is 1.09. The number of fused-ring (bicyclic) bond motifs is 1. The third-order valence-corrected chi connectivity index (χ3v) is 4.55. The molecule has 0 radical (unpaired) electrons. The van der Waals surface area contributed by atoms with Crippen molar-refractivity contribution in [3.8, 4) is 5.88 Å². The van der Waals surface area contributed by atoms with Gasteiger partial charge in [-0.3, -0.25) is 4.98 Å². The van der Waals surface area contributed by atoms with E-state index < -0.39 is 17.4 Å². The third kappa shape index (κ3) is 5.06. The molecular formula is C20H19F3N8O3. The molecule has 0 unspecified atom stereocenters. The summed E-state index contributed by atoms with van der Waals surface area (Å²) >= 11 is 0. The van der Waals surface area contributed by atoms with E-state index in [0.29, 0.717) is 18.4 Å². The highest BCUT2D eigenvalue weighted by atomic mass is 19.4. The number of halogens is 3. The molecule has 0 bridgehead atoms. The Morgan fingerprint density at radius 1 is 1.29 bits per heavy atom. The van der Waals surface area contributed by atoms with Gasteiger partial charge < -0.3 is 20.1 Å². The number of aromatic nitrogens is 6. The van der Waals surface area contributed by atoms with Crippen molar-refractivity contribution in [2.75, 3.05) is 25.1 Å². The van der Waals surface area contributed by atoms with E-state index in [2.05, 4.69) is 35.3 Å². The summed E-state index contributed by atoms with van der Waals surface area (Å²) in [4.78, 5) is 29.0. The molecule has 3 aromatic heterocycles. The third-order valence-electron chi connectivity index (χ3n) is 4.55. The lowest BCUT2D eigenvalue weighted by Crippen LogP contribution is -2.24. The molecule has 0 aliphatic rings. The smallest absolute Gasteiger partial charge is 0.416 e. The Kier molecular flexibility index (Phi) is 6.32. The van der Waals surface area contributed by atoms with Crippen molar-refractivity contribution >= 4 is 23.4 Å². The zero-order valence-electron chi connectivity index (χ0n) is 17.7. The van der Waals surface area contributed by atoms with E-state index in [4.69, 9.17) is 4.74 Å². The van der Waals surface area contributed by atoms with Crippen molar-refractivity contribution in [3.63, 3.8) is 0 Å². The Labute approximate surface area is 188 Å². The van der Waals surface area contributed by atoms with Crippen LogP contribution in [-0.2, 0) is 10.9 Å². The van der Waals surface area contributed by atoms with Crippen LogP contribution in [-0.4, -0.2) is 54.4 Å². The molecule has 3 heterocycles. The number of nitrogens with one attached hydrogen (secondary N) is 3. The van der Waals surface area contributed by atoms with E-state index in [1.165, 1.54) is 28.9 Å². The first kappa shape index (κ1) is 23.0. The van der Waals surface area contributed by atoms with Crippen LogP contribution in [0.2, 0.25) is 0 Å². The number of ether oxygens (including phenoxy) is 1. The molecule has 11 nitrogen and oxygen atoms in total. The molecule has 0 aliphatic carbocycles. The Hall–Kier alpha value is -4.20. The maximum atomic E-state index is 13.1. The summed E-state index contributed by atoms with van der Waals surface area (Å²) in [6.45, 7) is 2.94. The SMILES string of the molecule is CCOCCN=c1nc(Nc2cccc(C(F)(F)F)c2)nc2c(=Cc3[nH]c(=O)[nH]c3O)cnn12. The minimum atomic E-state index is -4.51. The molecule has 0 spiro atoms. The first-order chi connectivity index (χ1) is 16.2. The second-order valence-corrected chi connectivity index (χ2v) is 6.95. The van der Waals surface area contributed by atoms with Gasteiger partial charge in [-0.2, -0.15) is 32.8 Å². The number of hydrogen-bond donors (Lipinski definition) is 4. The fourth-order valence-corrected chi connectivity index (χ4v) is 3.04. The Morgan fingerprint density at radius 2 is 2.12 bits per heavy atom. The van der Waals surface area contributed by atoms with Crippen LogP contribution in [0.25, 0.3) is 11.7 Å². The number of aromatic hydroxyl groups is 1. The largest absolute Gasteiger partial charge is 0.493 e. The Morgan fingerprint density at radius 3 is 2.82 bits per heavy atom. The number of aromatic amines is 2. The van der Waals surface area contributed by atoms with Gasteiger partial charge in [0, 0.05) is 17.5 Å². The van der Waals surface area contributed by atoms with Crippen LogP contribution in [0.4, 0.5) is 24.8 Å². The molecule has 14 heteroatoms. The van der Waals surface area contributed by atoms with Crippen LogP contribution in [0.1, 0.15) is 18.2 Å². The molecule has 0 amide bonds. The normalized spacial score (nSPS) is 13.2. The van der Waals surface area contributed by atoms with Gasteiger partial charge in [-0.05, 0) is 31.2 Å². The highest BCUT2D eigenvalue weighted by Gasteiger charge is 2.30. The predicted molar refractivity (Wildman–Crippen MR) is 114 cm³/mol. The summed E-state index contributed by atoms with van der Waals surface area (Å²) in [7, 11) is 0. The van der Waals surface area contributed by atoms with Crippen molar-refractivity contribution < 1.29 is 23.0 Å². The van der Waals surface area contributed by atoms with E-state index in [1.54, 1.807) is 0 Å². The van der Waals surface area contributed by atoms with Crippen molar-refractivity contribution in [1.82, 2.24) is 29.5 Å². The molecule has 0 aliphatic heterocycles. The molecule has 34 heavy (non-hydrogen) atoms. The van der Waals surface area contributed by atoms with Crippen molar-refractivity contribution in [2.24, 2.45) is 4.99 Å².